The predicted molar refractivity (Wildman–Crippen MR) is 73.9 cm³/mol. The van der Waals surface area contributed by atoms with E-state index in [4.69, 9.17) is 5.73 Å². The van der Waals surface area contributed by atoms with Gasteiger partial charge in [0.05, 0.1) is 5.75 Å². The van der Waals surface area contributed by atoms with Crippen LogP contribution in [0.2, 0.25) is 0 Å². The van der Waals surface area contributed by atoms with Crippen LogP contribution in [0.25, 0.3) is 0 Å². The maximum Gasteiger partial charge on any atom is 0.148 e. The van der Waals surface area contributed by atoms with Crippen molar-refractivity contribution in [1.82, 2.24) is 4.90 Å². The molecule has 0 fully saturated rings. The minimum Gasteiger partial charge on any atom is -0.329 e. The average molecular weight is 264 g/mol. The van der Waals surface area contributed by atoms with Gasteiger partial charge in [-0.05, 0) is 25.8 Å². The van der Waals surface area contributed by atoms with Gasteiger partial charge in [0.1, 0.15) is 9.84 Å². The van der Waals surface area contributed by atoms with Crippen LogP contribution in [0.1, 0.15) is 40.0 Å². The average Bonchev–Trinajstić information content (AvgIpc) is 2.27. The molecular formula is C12H28N2O2S. The van der Waals surface area contributed by atoms with E-state index in [0.717, 1.165) is 25.8 Å². The topological polar surface area (TPSA) is 63.4 Å². The summed E-state index contributed by atoms with van der Waals surface area (Å²) >= 11 is 0. The first-order valence-electron chi connectivity index (χ1n) is 6.48. The van der Waals surface area contributed by atoms with Gasteiger partial charge >= 0.3 is 0 Å². The highest BCUT2D eigenvalue weighted by Gasteiger charge is 2.31. The van der Waals surface area contributed by atoms with Crippen molar-refractivity contribution in [1.29, 1.82) is 0 Å². The minimum absolute atomic E-state index is 0.0410. The van der Waals surface area contributed by atoms with E-state index in [0.29, 0.717) is 13.1 Å². The lowest BCUT2D eigenvalue weighted by atomic mass is 9.90. The number of rotatable bonds is 9. The van der Waals surface area contributed by atoms with E-state index in [1.807, 2.05) is 0 Å². The van der Waals surface area contributed by atoms with E-state index in [2.05, 4.69) is 25.7 Å². The summed E-state index contributed by atoms with van der Waals surface area (Å²) in [6, 6.07) is 0. The Morgan fingerprint density at radius 1 is 1.12 bits per heavy atom. The second-order valence-electron chi connectivity index (χ2n) is 4.75. The van der Waals surface area contributed by atoms with E-state index in [-0.39, 0.29) is 11.3 Å². The van der Waals surface area contributed by atoms with Gasteiger partial charge in [0.25, 0.3) is 0 Å². The highest BCUT2D eigenvalue weighted by atomic mass is 32.2. The summed E-state index contributed by atoms with van der Waals surface area (Å²) in [5, 5.41) is 0. The van der Waals surface area contributed by atoms with Gasteiger partial charge in [-0.25, -0.2) is 8.42 Å². The van der Waals surface area contributed by atoms with Gasteiger partial charge < -0.3 is 5.73 Å². The van der Waals surface area contributed by atoms with Crippen LogP contribution >= 0.6 is 0 Å². The van der Waals surface area contributed by atoms with Gasteiger partial charge in [-0.2, -0.15) is 0 Å². The van der Waals surface area contributed by atoms with Crippen molar-refractivity contribution in [2.75, 3.05) is 31.6 Å². The number of sulfone groups is 1. The van der Waals surface area contributed by atoms with Crippen LogP contribution in [0, 0.1) is 0 Å². The summed E-state index contributed by atoms with van der Waals surface area (Å²) in [7, 11) is -2.90. The zero-order valence-electron chi connectivity index (χ0n) is 11.7. The van der Waals surface area contributed by atoms with E-state index in [9.17, 15) is 8.42 Å². The summed E-state index contributed by atoms with van der Waals surface area (Å²) in [5.41, 5.74) is 5.87. The van der Waals surface area contributed by atoms with Crippen LogP contribution in [0.5, 0.6) is 0 Å². The molecule has 0 heterocycles. The van der Waals surface area contributed by atoms with Gasteiger partial charge in [0, 0.05) is 24.9 Å². The molecule has 0 aromatic carbocycles. The van der Waals surface area contributed by atoms with Crippen molar-refractivity contribution in [3.05, 3.63) is 0 Å². The lowest BCUT2D eigenvalue weighted by molar-refractivity contribution is 0.0917. The standard InChI is InChI=1S/C12H28N2O2S/c1-5-8-14(9-10-17(4,15)16)12(6-2,7-3)11-13/h5-11,13H2,1-4H3. The van der Waals surface area contributed by atoms with Gasteiger partial charge in [0.2, 0.25) is 0 Å². The number of hydrogen-bond acceptors (Lipinski definition) is 4. The van der Waals surface area contributed by atoms with Gasteiger partial charge in [-0.1, -0.05) is 20.8 Å². The number of hydrogen-bond donors (Lipinski definition) is 1. The van der Waals surface area contributed by atoms with Gasteiger partial charge in [0.15, 0.2) is 0 Å². The molecule has 0 aliphatic heterocycles. The smallest absolute Gasteiger partial charge is 0.148 e. The minimum atomic E-state index is -2.90. The molecule has 0 spiro atoms. The zero-order chi connectivity index (χ0) is 13.5. The Kier molecular flexibility index (Phi) is 7.28. The highest BCUT2D eigenvalue weighted by molar-refractivity contribution is 7.90. The summed E-state index contributed by atoms with van der Waals surface area (Å²) < 4.78 is 22.5. The van der Waals surface area contributed by atoms with Crippen molar-refractivity contribution < 1.29 is 8.42 Å². The van der Waals surface area contributed by atoms with Crippen LogP contribution in [-0.4, -0.2) is 50.5 Å². The second kappa shape index (κ2) is 7.34. The Balaban J connectivity index is 4.80. The fourth-order valence-corrected chi connectivity index (χ4v) is 2.80. The fraction of sp³-hybridized carbons (Fsp3) is 1.00. The van der Waals surface area contributed by atoms with Crippen molar-refractivity contribution in [3.8, 4) is 0 Å². The Morgan fingerprint density at radius 2 is 1.65 bits per heavy atom. The third-order valence-corrected chi connectivity index (χ3v) is 4.52. The third kappa shape index (κ3) is 5.36. The normalized spacial score (nSPS) is 13.3. The second-order valence-corrected chi connectivity index (χ2v) is 7.01. The van der Waals surface area contributed by atoms with Crippen molar-refractivity contribution in [2.24, 2.45) is 5.73 Å². The van der Waals surface area contributed by atoms with Crippen LogP contribution < -0.4 is 5.73 Å². The predicted octanol–water partition coefficient (Wildman–Crippen LogP) is 1.26. The highest BCUT2D eigenvalue weighted by Crippen LogP contribution is 2.23. The van der Waals surface area contributed by atoms with E-state index < -0.39 is 9.84 Å². The first kappa shape index (κ1) is 16.9. The third-order valence-electron chi connectivity index (χ3n) is 3.59. The monoisotopic (exact) mass is 264 g/mol. The number of nitrogens with two attached hydrogens (primary N) is 1. The molecule has 0 rings (SSSR count). The molecule has 4 nitrogen and oxygen atoms in total. The molecule has 0 aliphatic carbocycles. The van der Waals surface area contributed by atoms with Crippen LogP contribution in [0.15, 0.2) is 0 Å². The zero-order valence-corrected chi connectivity index (χ0v) is 12.5. The molecule has 0 radical (unpaired) electrons. The van der Waals surface area contributed by atoms with Crippen LogP contribution in [0.3, 0.4) is 0 Å². The van der Waals surface area contributed by atoms with E-state index >= 15 is 0 Å². The largest absolute Gasteiger partial charge is 0.329 e. The molecule has 0 amide bonds. The molecule has 0 aliphatic rings. The molecule has 0 bridgehead atoms. The fourth-order valence-electron chi connectivity index (χ4n) is 2.25. The van der Waals surface area contributed by atoms with Gasteiger partial charge in [-0.15, -0.1) is 0 Å². The maximum absolute atomic E-state index is 11.3. The summed E-state index contributed by atoms with van der Waals surface area (Å²) in [6.07, 6.45) is 4.23. The quantitative estimate of drug-likeness (QED) is 0.681. The molecule has 17 heavy (non-hydrogen) atoms. The van der Waals surface area contributed by atoms with Gasteiger partial charge in [-0.3, -0.25) is 4.90 Å². The first-order chi connectivity index (χ1) is 7.85. The summed E-state index contributed by atoms with van der Waals surface area (Å²) in [5.74, 6) is 0.217. The van der Waals surface area contributed by atoms with Crippen LogP contribution in [0.4, 0.5) is 0 Å². The molecule has 0 aromatic rings. The van der Waals surface area contributed by atoms with Crippen molar-refractivity contribution in [3.63, 3.8) is 0 Å². The molecule has 2 N–H and O–H groups in total. The van der Waals surface area contributed by atoms with Crippen molar-refractivity contribution >= 4 is 9.84 Å². The molecule has 0 saturated heterocycles. The molecule has 5 heteroatoms. The Labute approximate surface area is 106 Å². The molecular weight excluding hydrogens is 236 g/mol. The maximum atomic E-state index is 11.3. The molecule has 104 valence electrons. The van der Waals surface area contributed by atoms with Crippen LogP contribution in [-0.2, 0) is 9.84 Å². The summed E-state index contributed by atoms with van der Waals surface area (Å²) in [6.45, 7) is 8.45. The summed E-state index contributed by atoms with van der Waals surface area (Å²) in [4.78, 5) is 2.26. The first-order valence-corrected chi connectivity index (χ1v) is 8.54. The lowest BCUT2D eigenvalue weighted by Crippen LogP contribution is -2.54. The number of nitrogens with zero attached hydrogens (tertiary/aromatic N) is 1. The lowest BCUT2D eigenvalue weighted by Gasteiger charge is -2.42. The van der Waals surface area contributed by atoms with E-state index in [1.165, 1.54) is 6.26 Å². The Hall–Kier alpha value is -0.130. The molecule has 0 unspecified atom stereocenters. The Bertz CT molecular complexity index is 289. The SMILES string of the molecule is CCCN(CCS(C)(=O)=O)C(CC)(CC)CN. The molecule has 0 aromatic heterocycles. The molecule has 0 atom stereocenters. The molecule has 0 saturated carbocycles. The Morgan fingerprint density at radius 3 is 1.94 bits per heavy atom. The van der Waals surface area contributed by atoms with Crippen molar-refractivity contribution in [2.45, 2.75) is 45.6 Å². The van der Waals surface area contributed by atoms with E-state index in [1.54, 1.807) is 0 Å².